The first-order valence-electron chi connectivity index (χ1n) is 7.37. The van der Waals surface area contributed by atoms with Crippen molar-refractivity contribution >= 4 is 18.3 Å². The molecule has 1 amide bonds. The van der Waals surface area contributed by atoms with Crippen LogP contribution >= 0.6 is 12.4 Å². The predicted octanol–water partition coefficient (Wildman–Crippen LogP) is 1.37. The molecule has 1 unspecified atom stereocenters. The van der Waals surface area contributed by atoms with Gasteiger partial charge in [0, 0.05) is 12.6 Å². The molecule has 6 nitrogen and oxygen atoms in total. The predicted molar refractivity (Wildman–Crippen MR) is 86.1 cm³/mol. The van der Waals surface area contributed by atoms with E-state index in [1.165, 1.54) is 16.8 Å². The van der Waals surface area contributed by atoms with Gasteiger partial charge >= 0.3 is 0 Å². The van der Waals surface area contributed by atoms with Crippen molar-refractivity contribution in [2.75, 3.05) is 13.1 Å². The third-order valence-electron chi connectivity index (χ3n) is 3.64. The smallest absolute Gasteiger partial charge is 0.273 e. The molecule has 1 aliphatic heterocycles. The van der Waals surface area contributed by atoms with Gasteiger partial charge in [0.1, 0.15) is 5.82 Å². The summed E-state index contributed by atoms with van der Waals surface area (Å²) in [5.41, 5.74) is 1.05. The van der Waals surface area contributed by atoms with Gasteiger partial charge in [-0.05, 0) is 37.1 Å². The number of rotatable bonds is 4. The number of hydrogen-bond acceptors (Lipinski definition) is 4. The summed E-state index contributed by atoms with van der Waals surface area (Å²) >= 11 is 0. The molecular weight excluding hydrogens is 321 g/mol. The van der Waals surface area contributed by atoms with Crippen LogP contribution in [-0.2, 0) is 6.54 Å². The van der Waals surface area contributed by atoms with Crippen LogP contribution in [-0.4, -0.2) is 40.0 Å². The molecule has 2 N–H and O–H groups in total. The van der Waals surface area contributed by atoms with Crippen molar-refractivity contribution in [1.29, 1.82) is 0 Å². The fraction of sp³-hybridized carbons (Fsp3) is 0.400. The van der Waals surface area contributed by atoms with Gasteiger partial charge in [-0.3, -0.25) is 4.79 Å². The summed E-state index contributed by atoms with van der Waals surface area (Å²) < 4.78 is 14.7. The van der Waals surface area contributed by atoms with Gasteiger partial charge in [-0.1, -0.05) is 17.3 Å². The maximum atomic E-state index is 13.1. The number of carbonyl (C=O) groups is 1. The van der Waals surface area contributed by atoms with Crippen LogP contribution in [0.4, 0.5) is 4.39 Å². The van der Waals surface area contributed by atoms with Crippen molar-refractivity contribution in [1.82, 2.24) is 25.6 Å². The Balaban J connectivity index is 0.00000192. The SMILES string of the molecule is Cl.O=C(NC1CCCNC1)c1cn(Cc2cccc(F)c2)nn1. The van der Waals surface area contributed by atoms with Gasteiger partial charge in [0.15, 0.2) is 5.69 Å². The molecule has 0 saturated carbocycles. The molecule has 23 heavy (non-hydrogen) atoms. The Hall–Kier alpha value is -1.99. The van der Waals surface area contributed by atoms with E-state index in [-0.39, 0.29) is 35.9 Å². The van der Waals surface area contributed by atoms with Crippen LogP contribution < -0.4 is 10.6 Å². The Morgan fingerprint density at radius 2 is 2.35 bits per heavy atom. The number of nitrogens with zero attached hydrogens (tertiary/aromatic N) is 3. The van der Waals surface area contributed by atoms with Gasteiger partial charge in [-0.25, -0.2) is 9.07 Å². The van der Waals surface area contributed by atoms with Crippen molar-refractivity contribution in [3.8, 4) is 0 Å². The van der Waals surface area contributed by atoms with E-state index < -0.39 is 0 Å². The number of benzene rings is 1. The third kappa shape index (κ3) is 4.74. The first kappa shape index (κ1) is 17.4. The van der Waals surface area contributed by atoms with E-state index in [1.54, 1.807) is 18.3 Å². The lowest BCUT2D eigenvalue weighted by Gasteiger charge is -2.23. The Kier molecular flexibility index (Phi) is 6.06. The Morgan fingerprint density at radius 1 is 1.48 bits per heavy atom. The normalized spacial score (nSPS) is 17.3. The molecule has 3 rings (SSSR count). The Labute approximate surface area is 139 Å². The summed E-state index contributed by atoms with van der Waals surface area (Å²) in [7, 11) is 0. The summed E-state index contributed by atoms with van der Waals surface area (Å²) in [6.45, 7) is 2.16. The second-order valence-electron chi connectivity index (χ2n) is 5.45. The molecular formula is C15H19ClFN5O. The molecule has 0 aliphatic carbocycles. The van der Waals surface area contributed by atoms with E-state index in [4.69, 9.17) is 0 Å². The van der Waals surface area contributed by atoms with Crippen LogP contribution in [0.3, 0.4) is 0 Å². The minimum Gasteiger partial charge on any atom is -0.347 e. The summed E-state index contributed by atoms with van der Waals surface area (Å²) in [5.74, 6) is -0.514. The number of carbonyl (C=O) groups excluding carboxylic acids is 1. The van der Waals surface area contributed by atoms with E-state index in [0.29, 0.717) is 6.54 Å². The highest BCUT2D eigenvalue weighted by molar-refractivity contribution is 5.92. The summed E-state index contributed by atoms with van der Waals surface area (Å²) in [5, 5.41) is 14.0. The van der Waals surface area contributed by atoms with E-state index in [2.05, 4.69) is 20.9 Å². The highest BCUT2D eigenvalue weighted by atomic mass is 35.5. The number of aromatic nitrogens is 3. The zero-order valence-electron chi connectivity index (χ0n) is 12.5. The van der Waals surface area contributed by atoms with Gasteiger partial charge in [-0.2, -0.15) is 0 Å². The van der Waals surface area contributed by atoms with E-state index >= 15 is 0 Å². The van der Waals surface area contributed by atoms with Crippen molar-refractivity contribution in [2.45, 2.75) is 25.4 Å². The topological polar surface area (TPSA) is 71.8 Å². The van der Waals surface area contributed by atoms with Gasteiger partial charge in [0.2, 0.25) is 0 Å². The molecule has 2 aromatic rings. The van der Waals surface area contributed by atoms with E-state index in [9.17, 15) is 9.18 Å². The average molecular weight is 340 g/mol. The minimum absolute atomic E-state index is 0. The quantitative estimate of drug-likeness (QED) is 0.882. The second-order valence-corrected chi connectivity index (χ2v) is 5.45. The number of piperidine rings is 1. The molecule has 2 heterocycles. The van der Waals surface area contributed by atoms with E-state index in [0.717, 1.165) is 31.5 Å². The van der Waals surface area contributed by atoms with Crippen LogP contribution in [0.5, 0.6) is 0 Å². The van der Waals surface area contributed by atoms with Gasteiger partial charge in [0.25, 0.3) is 5.91 Å². The highest BCUT2D eigenvalue weighted by Gasteiger charge is 2.18. The fourth-order valence-corrected chi connectivity index (χ4v) is 2.54. The molecule has 1 aromatic carbocycles. The van der Waals surface area contributed by atoms with Crippen molar-refractivity contribution in [3.63, 3.8) is 0 Å². The van der Waals surface area contributed by atoms with Gasteiger partial charge < -0.3 is 10.6 Å². The molecule has 1 saturated heterocycles. The molecule has 1 aliphatic rings. The lowest BCUT2D eigenvalue weighted by Crippen LogP contribution is -2.45. The largest absolute Gasteiger partial charge is 0.347 e. The molecule has 124 valence electrons. The zero-order valence-corrected chi connectivity index (χ0v) is 13.4. The lowest BCUT2D eigenvalue weighted by molar-refractivity contribution is 0.0925. The molecule has 1 fully saturated rings. The second kappa shape index (κ2) is 8.03. The third-order valence-corrected chi connectivity index (χ3v) is 3.64. The zero-order chi connectivity index (χ0) is 15.4. The van der Waals surface area contributed by atoms with Crippen LogP contribution in [0.1, 0.15) is 28.9 Å². The highest BCUT2D eigenvalue weighted by Crippen LogP contribution is 2.06. The number of amides is 1. The molecule has 8 heteroatoms. The van der Waals surface area contributed by atoms with Crippen LogP contribution in [0, 0.1) is 5.82 Å². The number of nitrogens with one attached hydrogen (secondary N) is 2. The Bertz CT molecular complexity index is 657. The summed E-state index contributed by atoms with van der Waals surface area (Å²) in [4.78, 5) is 12.1. The summed E-state index contributed by atoms with van der Waals surface area (Å²) in [6.07, 6.45) is 3.60. The standard InChI is InChI=1S/C15H18FN5O.ClH/c16-12-4-1-3-11(7-12)9-21-10-14(19-20-21)15(22)18-13-5-2-6-17-8-13;/h1,3-4,7,10,13,17H,2,5-6,8-9H2,(H,18,22);1H. The van der Waals surface area contributed by atoms with Crippen LogP contribution in [0.2, 0.25) is 0 Å². The number of hydrogen-bond donors (Lipinski definition) is 2. The molecule has 0 radical (unpaired) electrons. The van der Waals surface area contributed by atoms with Gasteiger partial charge in [0.05, 0.1) is 12.7 Å². The van der Waals surface area contributed by atoms with Gasteiger partial charge in [-0.15, -0.1) is 17.5 Å². The van der Waals surface area contributed by atoms with Crippen LogP contribution in [0.25, 0.3) is 0 Å². The first-order chi connectivity index (χ1) is 10.7. The lowest BCUT2D eigenvalue weighted by atomic mass is 10.1. The average Bonchev–Trinajstić information content (AvgIpc) is 2.97. The summed E-state index contributed by atoms with van der Waals surface area (Å²) in [6, 6.07) is 6.41. The Morgan fingerprint density at radius 3 is 3.09 bits per heavy atom. The number of halogens is 2. The maximum Gasteiger partial charge on any atom is 0.273 e. The van der Waals surface area contributed by atoms with Crippen molar-refractivity contribution in [3.05, 3.63) is 47.5 Å². The molecule has 0 spiro atoms. The van der Waals surface area contributed by atoms with Crippen molar-refractivity contribution in [2.24, 2.45) is 0 Å². The molecule has 1 aromatic heterocycles. The van der Waals surface area contributed by atoms with Crippen LogP contribution in [0.15, 0.2) is 30.5 Å². The monoisotopic (exact) mass is 339 g/mol. The van der Waals surface area contributed by atoms with E-state index in [1.807, 2.05) is 0 Å². The first-order valence-corrected chi connectivity index (χ1v) is 7.37. The maximum absolute atomic E-state index is 13.1. The van der Waals surface area contributed by atoms with Crippen molar-refractivity contribution < 1.29 is 9.18 Å². The fourth-order valence-electron chi connectivity index (χ4n) is 2.54. The molecule has 1 atom stereocenters. The minimum atomic E-state index is -0.291. The molecule has 0 bridgehead atoms.